The average molecular weight is 187 g/mol. The third kappa shape index (κ3) is 5.90. The van der Waals surface area contributed by atoms with Gasteiger partial charge in [0.1, 0.15) is 5.83 Å². The number of carbonyl (C=O) groups is 1. The first kappa shape index (κ1) is 11.7. The second kappa shape index (κ2) is 5.35. The molecular weight excluding hydrogens is 173 g/mol. The van der Waals surface area contributed by atoms with Gasteiger partial charge in [-0.1, -0.05) is 0 Å². The first-order valence-electron chi connectivity index (χ1n) is 3.86. The highest BCUT2D eigenvalue weighted by molar-refractivity contribution is 5.75. The molecule has 0 rings (SSSR count). The fourth-order valence-electron chi connectivity index (χ4n) is 0.549. The van der Waals surface area contributed by atoms with Crippen LogP contribution >= 0.6 is 0 Å². The Morgan fingerprint density at radius 3 is 2.38 bits per heavy atom. The zero-order valence-corrected chi connectivity index (χ0v) is 8.06. The molecule has 0 fully saturated rings. The number of hydrogen-bond acceptors (Lipinski definition) is 2. The number of allylic oxidation sites excluding steroid dienone is 4. The van der Waals surface area contributed by atoms with Crippen molar-refractivity contribution in [2.24, 2.45) is 5.73 Å². The van der Waals surface area contributed by atoms with E-state index in [1.54, 1.807) is 20.8 Å². The van der Waals surface area contributed by atoms with Crippen LogP contribution in [0, 0.1) is 0 Å². The molecule has 0 aromatic heterocycles. The Hall–Kier alpha value is -1.32. The maximum atomic E-state index is 12.9. The Labute approximate surface area is 77.1 Å². The highest BCUT2D eigenvalue weighted by atomic mass is 19.1. The molecule has 0 heterocycles. The second-order valence-corrected chi connectivity index (χ2v) is 2.86. The molecule has 0 saturated heterocycles. The van der Waals surface area contributed by atoms with Crippen LogP contribution in [0.2, 0.25) is 0 Å². The van der Waals surface area contributed by atoms with E-state index < -0.39 is 5.91 Å². The molecule has 3 nitrogen and oxygen atoms in total. The fraction of sp³-hybridized carbons (Fsp3) is 0.444. The van der Waals surface area contributed by atoms with Crippen molar-refractivity contribution < 1.29 is 13.9 Å². The Morgan fingerprint density at radius 1 is 1.46 bits per heavy atom. The lowest BCUT2D eigenvalue weighted by Crippen LogP contribution is -2.17. The van der Waals surface area contributed by atoms with Gasteiger partial charge in [-0.15, -0.1) is 0 Å². The molecule has 0 aliphatic carbocycles. The van der Waals surface area contributed by atoms with Crippen LogP contribution in [0.3, 0.4) is 0 Å². The van der Waals surface area contributed by atoms with Gasteiger partial charge in [0.2, 0.25) is 0 Å². The molecule has 13 heavy (non-hydrogen) atoms. The third-order valence-electron chi connectivity index (χ3n) is 1.25. The second-order valence-electron chi connectivity index (χ2n) is 2.86. The summed E-state index contributed by atoms with van der Waals surface area (Å²) in [5.74, 6) is -0.607. The van der Waals surface area contributed by atoms with E-state index in [-0.39, 0.29) is 12.4 Å². The van der Waals surface area contributed by atoms with Gasteiger partial charge >= 0.3 is 0 Å². The van der Waals surface area contributed by atoms with E-state index in [2.05, 4.69) is 0 Å². The van der Waals surface area contributed by atoms with Gasteiger partial charge in [-0.2, -0.15) is 0 Å². The number of primary amides is 1. The van der Waals surface area contributed by atoms with Gasteiger partial charge in [0.15, 0.2) is 6.61 Å². The summed E-state index contributed by atoms with van der Waals surface area (Å²) in [6, 6.07) is 0. The van der Waals surface area contributed by atoms with Gasteiger partial charge in [-0.3, -0.25) is 4.79 Å². The van der Waals surface area contributed by atoms with E-state index >= 15 is 0 Å². The minimum Gasteiger partial charge on any atom is -0.488 e. The lowest BCUT2D eigenvalue weighted by atomic mass is 10.3. The Bertz CT molecular complexity index is 252. The maximum absolute atomic E-state index is 12.9. The Morgan fingerprint density at radius 2 is 2.00 bits per heavy atom. The normalized spacial score (nSPS) is 10.9. The first-order valence-corrected chi connectivity index (χ1v) is 3.86. The topological polar surface area (TPSA) is 52.3 Å². The summed E-state index contributed by atoms with van der Waals surface area (Å²) in [6.07, 6.45) is 1.22. The van der Waals surface area contributed by atoms with Crippen LogP contribution in [-0.4, -0.2) is 12.5 Å². The van der Waals surface area contributed by atoms with Crippen LogP contribution < -0.4 is 5.73 Å². The third-order valence-corrected chi connectivity index (χ3v) is 1.25. The quantitative estimate of drug-likeness (QED) is 0.537. The van der Waals surface area contributed by atoms with Crippen molar-refractivity contribution in [1.82, 2.24) is 0 Å². The van der Waals surface area contributed by atoms with Crippen molar-refractivity contribution in [2.45, 2.75) is 20.8 Å². The van der Waals surface area contributed by atoms with Crippen molar-refractivity contribution in [2.75, 3.05) is 6.61 Å². The van der Waals surface area contributed by atoms with Crippen molar-refractivity contribution >= 4 is 5.91 Å². The van der Waals surface area contributed by atoms with Gasteiger partial charge in [0.05, 0.1) is 5.76 Å². The minimum atomic E-state index is -0.578. The van der Waals surface area contributed by atoms with Crippen LogP contribution in [0.1, 0.15) is 20.8 Å². The summed E-state index contributed by atoms with van der Waals surface area (Å²) in [5.41, 5.74) is 5.39. The monoisotopic (exact) mass is 187 g/mol. The largest absolute Gasteiger partial charge is 0.488 e. The molecule has 0 bridgehead atoms. The number of amides is 1. The molecule has 0 aliphatic heterocycles. The minimum absolute atomic E-state index is 0.224. The lowest BCUT2D eigenvalue weighted by Gasteiger charge is -2.02. The van der Waals surface area contributed by atoms with Crippen LogP contribution in [0.4, 0.5) is 4.39 Å². The van der Waals surface area contributed by atoms with Crippen LogP contribution in [0.15, 0.2) is 23.2 Å². The summed E-state index contributed by atoms with van der Waals surface area (Å²) in [6.45, 7) is 4.63. The van der Waals surface area contributed by atoms with E-state index in [1.165, 1.54) is 6.08 Å². The molecule has 0 unspecified atom stereocenters. The summed E-state index contributed by atoms with van der Waals surface area (Å²) in [7, 11) is 0. The highest BCUT2D eigenvalue weighted by Gasteiger charge is 1.98. The number of halogens is 1. The Kier molecular flexibility index (Phi) is 4.80. The molecule has 2 N–H and O–H groups in total. The molecule has 0 saturated carbocycles. The molecule has 0 aliphatic rings. The van der Waals surface area contributed by atoms with E-state index in [9.17, 15) is 9.18 Å². The van der Waals surface area contributed by atoms with Crippen LogP contribution in [-0.2, 0) is 9.53 Å². The summed E-state index contributed by atoms with van der Waals surface area (Å²) >= 11 is 0. The summed E-state index contributed by atoms with van der Waals surface area (Å²) in [5, 5.41) is 0. The van der Waals surface area contributed by atoms with Gasteiger partial charge in [-0.25, -0.2) is 4.39 Å². The number of ether oxygens (including phenoxy) is 1. The summed E-state index contributed by atoms with van der Waals surface area (Å²) in [4.78, 5) is 10.3. The predicted molar refractivity (Wildman–Crippen MR) is 48.4 cm³/mol. The van der Waals surface area contributed by atoms with Gasteiger partial charge < -0.3 is 10.5 Å². The lowest BCUT2D eigenvalue weighted by molar-refractivity contribution is -0.121. The van der Waals surface area contributed by atoms with Crippen molar-refractivity contribution in [3.8, 4) is 0 Å². The fourth-order valence-corrected chi connectivity index (χ4v) is 0.549. The number of nitrogens with two attached hydrogens (primary N) is 1. The molecule has 0 atom stereocenters. The van der Waals surface area contributed by atoms with E-state index in [0.29, 0.717) is 11.3 Å². The van der Waals surface area contributed by atoms with Crippen molar-refractivity contribution in [1.29, 1.82) is 0 Å². The van der Waals surface area contributed by atoms with E-state index in [1.807, 2.05) is 0 Å². The summed E-state index contributed by atoms with van der Waals surface area (Å²) < 4.78 is 17.7. The van der Waals surface area contributed by atoms with Gasteiger partial charge in [-0.05, 0) is 26.3 Å². The molecule has 0 aromatic rings. The Balaban J connectivity index is 4.18. The molecule has 0 aromatic carbocycles. The number of carbonyl (C=O) groups excluding carboxylic acids is 1. The first-order chi connectivity index (χ1) is 5.93. The molecule has 0 radical (unpaired) electrons. The smallest absolute Gasteiger partial charge is 0.255 e. The number of rotatable bonds is 4. The highest BCUT2D eigenvalue weighted by Crippen LogP contribution is 2.09. The molecule has 0 spiro atoms. The average Bonchev–Trinajstić information content (AvgIpc) is 2.00. The maximum Gasteiger partial charge on any atom is 0.255 e. The van der Waals surface area contributed by atoms with Gasteiger partial charge in [0.25, 0.3) is 5.91 Å². The van der Waals surface area contributed by atoms with Crippen LogP contribution in [0.25, 0.3) is 0 Å². The van der Waals surface area contributed by atoms with Crippen molar-refractivity contribution in [3.05, 3.63) is 23.2 Å². The van der Waals surface area contributed by atoms with Gasteiger partial charge in [0, 0.05) is 6.08 Å². The van der Waals surface area contributed by atoms with Crippen molar-refractivity contribution in [3.63, 3.8) is 0 Å². The van der Waals surface area contributed by atoms with E-state index in [0.717, 1.165) is 0 Å². The standard InChI is InChI=1S/C9H14FNO2/c1-6(2)8(10)4-7(3)13-5-9(11)12/h4H,5H2,1-3H3,(H2,11,12)/b7-4+. The SMILES string of the molecule is CC(C)=C(F)/C=C(\C)OCC(N)=O. The zero-order chi connectivity index (χ0) is 10.4. The van der Waals surface area contributed by atoms with Crippen LogP contribution in [0.5, 0.6) is 0 Å². The zero-order valence-electron chi connectivity index (χ0n) is 8.06. The van der Waals surface area contributed by atoms with E-state index in [4.69, 9.17) is 10.5 Å². The molecular formula is C9H14FNO2. The molecule has 4 heteroatoms. The predicted octanol–water partition coefficient (Wildman–Crippen LogP) is 1.66. The molecule has 74 valence electrons. The molecule has 1 amide bonds. The number of hydrogen-bond donors (Lipinski definition) is 1.